The minimum atomic E-state index is -0.645. The molecule has 23 heavy (non-hydrogen) atoms. The third-order valence-corrected chi connectivity index (χ3v) is 3.66. The van der Waals surface area contributed by atoms with Crippen LogP contribution in [0.2, 0.25) is 0 Å². The zero-order valence-electron chi connectivity index (χ0n) is 12.7. The van der Waals surface area contributed by atoms with Crippen molar-refractivity contribution in [3.05, 3.63) is 59.7 Å². The molecular formula is C18H16N2O3. The van der Waals surface area contributed by atoms with Crippen molar-refractivity contribution in [1.29, 1.82) is 5.26 Å². The molecule has 3 rings (SSSR count). The number of nitrogens with zero attached hydrogens (tertiary/aromatic N) is 2. The number of rotatable bonds is 3. The molecule has 1 atom stereocenters. The number of fused-ring (bicyclic) bond motifs is 1. The van der Waals surface area contributed by atoms with Crippen LogP contribution in [0.25, 0.3) is 0 Å². The molecule has 0 bridgehead atoms. The van der Waals surface area contributed by atoms with Crippen molar-refractivity contribution < 1.29 is 14.3 Å². The molecular weight excluding hydrogens is 292 g/mol. The second-order valence-corrected chi connectivity index (χ2v) is 5.37. The Morgan fingerprint density at radius 3 is 2.61 bits per heavy atom. The maximum Gasteiger partial charge on any atom is 0.267 e. The summed E-state index contributed by atoms with van der Waals surface area (Å²) in [6.07, 6.45) is -0.645. The number of hydrogen-bond acceptors (Lipinski definition) is 4. The molecule has 0 aliphatic carbocycles. The van der Waals surface area contributed by atoms with Crippen molar-refractivity contribution in [3.8, 4) is 17.6 Å². The van der Waals surface area contributed by atoms with Crippen molar-refractivity contribution in [2.75, 3.05) is 13.7 Å². The lowest BCUT2D eigenvalue weighted by atomic mass is 10.1. The summed E-state index contributed by atoms with van der Waals surface area (Å²) < 4.78 is 11.3. The maximum absolute atomic E-state index is 12.5. The van der Waals surface area contributed by atoms with Crippen LogP contribution in [-0.2, 0) is 11.3 Å². The first-order valence-corrected chi connectivity index (χ1v) is 7.30. The van der Waals surface area contributed by atoms with E-state index in [4.69, 9.17) is 14.7 Å². The average molecular weight is 308 g/mol. The Hall–Kier alpha value is -3.00. The highest BCUT2D eigenvalue weighted by Crippen LogP contribution is 2.31. The first-order chi connectivity index (χ1) is 11.2. The van der Waals surface area contributed by atoms with E-state index in [1.165, 1.54) is 0 Å². The molecule has 1 unspecified atom stereocenters. The molecule has 1 heterocycles. The molecule has 2 aromatic rings. The molecule has 2 aromatic carbocycles. The summed E-state index contributed by atoms with van der Waals surface area (Å²) in [5, 5.41) is 8.80. The number of carbonyl (C=O) groups is 1. The summed E-state index contributed by atoms with van der Waals surface area (Å²) in [5.41, 5.74) is 1.56. The summed E-state index contributed by atoms with van der Waals surface area (Å²) in [7, 11) is 1.73. The highest BCUT2D eigenvalue weighted by Gasteiger charge is 2.29. The number of likely N-dealkylation sites (N-methyl/N-ethyl adjacent to an activating group) is 1. The normalized spacial score (nSPS) is 15.6. The molecule has 1 aliphatic rings. The van der Waals surface area contributed by atoms with Gasteiger partial charge in [0, 0.05) is 13.6 Å². The Morgan fingerprint density at radius 1 is 1.22 bits per heavy atom. The van der Waals surface area contributed by atoms with Gasteiger partial charge in [-0.2, -0.15) is 5.26 Å². The maximum atomic E-state index is 12.5. The van der Waals surface area contributed by atoms with Crippen LogP contribution in [0.3, 0.4) is 0 Å². The topological polar surface area (TPSA) is 62.6 Å². The molecule has 0 saturated carbocycles. The van der Waals surface area contributed by atoms with Gasteiger partial charge in [-0.15, -0.1) is 0 Å². The lowest BCUT2D eigenvalue weighted by molar-refractivity contribution is -0.140. The van der Waals surface area contributed by atoms with Crippen LogP contribution in [0.5, 0.6) is 11.5 Å². The van der Waals surface area contributed by atoms with Crippen LogP contribution in [0, 0.1) is 11.3 Å². The molecule has 116 valence electrons. The van der Waals surface area contributed by atoms with E-state index < -0.39 is 6.10 Å². The van der Waals surface area contributed by atoms with Crippen LogP contribution in [-0.4, -0.2) is 30.6 Å². The molecule has 0 fully saturated rings. The molecule has 1 aliphatic heterocycles. The first-order valence-electron chi connectivity index (χ1n) is 7.30. The predicted octanol–water partition coefficient (Wildman–Crippen LogP) is 2.36. The van der Waals surface area contributed by atoms with Gasteiger partial charge in [-0.05, 0) is 29.8 Å². The third-order valence-electron chi connectivity index (χ3n) is 3.66. The molecule has 0 saturated heterocycles. The highest BCUT2D eigenvalue weighted by atomic mass is 16.6. The fourth-order valence-electron chi connectivity index (χ4n) is 2.42. The Morgan fingerprint density at radius 2 is 1.91 bits per heavy atom. The Labute approximate surface area is 134 Å². The molecule has 0 aromatic heterocycles. The van der Waals surface area contributed by atoms with Gasteiger partial charge in [0.15, 0.2) is 11.5 Å². The number of amides is 1. The third kappa shape index (κ3) is 3.27. The summed E-state index contributed by atoms with van der Waals surface area (Å²) in [6.45, 7) is 0.652. The summed E-state index contributed by atoms with van der Waals surface area (Å²) in [5.74, 6) is 1.11. The molecule has 0 spiro atoms. The number of carbonyl (C=O) groups excluding carboxylic acids is 1. The SMILES string of the molecule is CN(Cc1ccc(C#N)cc1)C(=O)C1COc2ccccc2O1. The average Bonchev–Trinajstić information content (AvgIpc) is 2.61. The number of hydrogen-bond donors (Lipinski definition) is 0. The van der Waals surface area contributed by atoms with Gasteiger partial charge < -0.3 is 14.4 Å². The van der Waals surface area contributed by atoms with Crippen molar-refractivity contribution in [3.63, 3.8) is 0 Å². The Balaban J connectivity index is 1.65. The minimum Gasteiger partial charge on any atom is -0.485 e. The van der Waals surface area contributed by atoms with Gasteiger partial charge in [-0.1, -0.05) is 24.3 Å². The van der Waals surface area contributed by atoms with E-state index in [1.807, 2.05) is 30.3 Å². The predicted molar refractivity (Wildman–Crippen MR) is 84.0 cm³/mol. The Bertz CT molecular complexity index is 750. The van der Waals surface area contributed by atoms with Crippen LogP contribution in [0.1, 0.15) is 11.1 Å². The first kappa shape index (κ1) is 14.9. The summed E-state index contributed by atoms with van der Waals surface area (Å²) >= 11 is 0. The fourth-order valence-corrected chi connectivity index (χ4v) is 2.42. The number of benzene rings is 2. The van der Waals surface area contributed by atoms with E-state index >= 15 is 0 Å². The minimum absolute atomic E-state index is 0.135. The van der Waals surface area contributed by atoms with E-state index in [0.29, 0.717) is 23.6 Å². The lowest BCUT2D eigenvalue weighted by Gasteiger charge is -2.28. The van der Waals surface area contributed by atoms with E-state index in [2.05, 4.69) is 6.07 Å². The lowest BCUT2D eigenvalue weighted by Crippen LogP contribution is -2.44. The molecule has 5 heteroatoms. The second-order valence-electron chi connectivity index (χ2n) is 5.37. The molecule has 0 radical (unpaired) electrons. The smallest absolute Gasteiger partial charge is 0.267 e. The van der Waals surface area contributed by atoms with Gasteiger partial charge in [0.25, 0.3) is 5.91 Å². The van der Waals surface area contributed by atoms with Crippen LogP contribution in [0.4, 0.5) is 0 Å². The zero-order chi connectivity index (χ0) is 16.2. The van der Waals surface area contributed by atoms with E-state index in [1.54, 1.807) is 30.1 Å². The quantitative estimate of drug-likeness (QED) is 0.873. The van der Waals surface area contributed by atoms with Crippen molar-refractivity contribution in [2.45, 2.75) is 12.6 Å². The van der Waals surface area contributed by atoms with E-state index in [9.17, 15) is 4.79 Å². The summed E-state index contributed by atoms with van der Waals surface area (Å²) in [6, 6.07) is 16.5. The van der Waals surface area contributed by atoms with Gasteiger partial charge in [0.2, 0.25) is 6.10 Å². The van der Waals surface area contributed by atoms with E-state index in [0.717, 1.165) is 5.56 Å². The molecule has 0 N–H and O–H groups in total. The number of ether oxygens (including phenoxy) is 2. The van der Waals surface area contributed by atoms with Gasteiger partial charge in [-0.25, -0.2) is 0 Å². The monoisotopic (exact) mass is 308 g/mol. The van der Waals surface area contributed by atoms with Crippen molar-refractivity contribution >= 4 is 5.91 Å². The van der Waals surface area contributed by atoms with Crippen molar-refractivity contribution in [2.24, 2.45) is 0 Å². The zero-order valence-corrected chi connectivity index (χ0v) is 12.7. The van der Waals surface area contributed by atoms with Crippen LogP contribution >= 0.6 is 0 Å². The highest BCUT2D eigenvalue weighted by molar-refractivity contribution is 5.81. The number of para-hydroxylation sites is 2. The second kappa shape index (κ2) is 6.41. The van der Waals surface area contributed by atoms with Gasteiger partial charge >= 0.3 is 0 Å². The van der Waals surface area contributed by atoms with Crippen LogP contribution < -0.4 is 9.47 Å². The van der Waals surface area contributed by atoms with Gasteiger partial charge in [-0.3, -0.25) is 4.79 Å². The largest absolute Gasteiger partial charge is 0.485 e. The molecule has 5 nitrogen and oxygen atoms in total. The summed E-state index contributed by atoms with van der Waals surface area (Å²) in [4.78, 5) is 14.1. The van der Waals surface area contributed by atoms with Crippen LogP contribution in [0.15, 0.2) is 48.5 Å². The van der Waals surface area contributed by atoms with Gasteiger partial charge in [0.1, 0.15) is 6.61 Å². The molecule has 1 amide bonds. The van der Waals surface area contributed by atoms with E-state index in [-0.39, 0.29) is 12.5 Å². The Kier molecular flexibility index (Phi) is 4.15. The fraction of sp³-hybridized carbons (Fsp3) is 0.222. The number of nitriles is 1. The van der Waals surface area contributed by atoms with Gasteiger partial charge in [0.05, 0.1) is 11.6 Å². The van der Waals surface area contributed by atoms with Crippen molar-refractivity contribution in [1.82, 2.24) is 4.90 Å². The standard InChI is InChI=1S/C18H16N2O3/c1-20(11-14-8-6-13(10-19)7-9-14)18(21)17-12-22-15-4-2-3-5-16(15)23-17/h2-9,17H,11-12H2,1H3.